The van der Waals surface area contributed by atoms with Crippen LogP contribution in [0.1, 0.15) is 25.8 Å². The molecule has 3 aromatic rings. The Bertz CT molecular complexity index is 861. The number of rotatable bonds is 5. The minimum Gasteiger partial charge on any atom is -0.379 e. The summed E-state index contributed by atoms with van der Waals surface area (Å²) >= 11 is 0. The molecule has 2 aromatic heterocycles. The summed E-state index contributed by atoms with van der Waals surface area (Å²) in [6, 6.07) is 6.08. The zero-order chi connectivity index (χ0) is 15.7. The number of nitrogens with one attached hydrogen (secondary N) is 1. The number of aromatic amines is 1. The average Bonchev–Trinajstić information content (AvgIpc) is 2.84. The standard InChI is InChI=1S/C17H21N3O2/c1-11(2)22-8-4-7-20-10-18-15-13-9-12(3)5-6-14(13)19-16(15)17(20)21/h5-6,9-11,19H,4,7-8H2,1-3H3. The number of nitrogens with zero attached hydrogens (tertiary/aromatic N) is 2. The summed E-state index contributed by atoms with van der Waals surface area (Å²) in [5.74, 6) is 0. The Kier molecular flexibility index (Phi) is 3.98. The maximum absolute atomic E-state index is 12.6. The van der Waals surface area contributed by atoms with Gasteiger partial charge in [0.15, 0.2) is 0 Å². The van der Waals surface area contributed by atoms with Gasteiger partial charge in [-0.2, -0.15) is 0 Å². The molecular weight excluding hydrogens is 278 g/mol. The van der Waals surface area contributed by atoms with Gasteiger partial charge < -0.3 is 9.72 Å². The van der Waals surface area contributed by atoms with Crippen molar-refractivity contribution in [1.29, 1.82) is 0 Å². The molecule has 0 atom stereocenters. The van der Waals surface area contributed by atoms with Gasteiger partial charge >= 0.3 is 0 Å². The average molecular weight is 299 g/mol. The summed E-state index contributed by atoms with van der Waals surface area (Å²) in [6.07, 6.45) is 2.65. The number of aryl methyl sites for hydroxylation is 2. The van der Waals surface area contributed by atoms with Gasteiger partial charge in [-0.05, 0) is 39.3 Å². The Morgan fingerprint density at radius 1 is 1.36 bits per heavy atom. The molecule has 0 aliphatic carbocycles. The van der Waals surface area contributed by atoms with Gasteiger partial charge in [0.2, 0.25) is 0 Å². The third-order valence-electron chi connectivity index (χ3n) is 3.72. The van der Waals surface area contributed by atoms with Gasteiger partial charge in [-0.25, -0.2) is 4.98 Å². The normalized spacial score (nSPS) is 11.8. The molecule has 0 spiro atoms. The van der Waals surface area contributed by atoms with E-state index in [4.69, 9.17) is 4.74 Å². The first-order valence-corrected chi connectivity index (χ1v) is 7.65. The Morgan fingerprint density at radius 3 is 2.95 bits per heavy atom. The molecule has 0 aliphatic heterocycles. The second kappa shape index (κ2) is 5.93. The van der Waals surface area contributed by atoms with Crippen molar-refractivity contribution in [2.75, 3.05) is 6.61 Å². The van der Waals surface area contributed by atoms with Crippen LogP contribution in [0.5, 0.6) is 0 Å². The molecule has 22 heavy (non-hydrogen) atoms. The maximum Gasteiger partial charge on any atom is 0.277 e. The number of hydrogen-bond acceptors (Lipinski definition) is 3. The molecule has 0 saturated carbocycles. The highest BCUT2D eigenvalue weighted by molar-refractivity contribution is 6.04. The third-order valence-corrected chi connectivity index (χ3v) is 3.72. The molecule has 0 unspecified atom stereocenters. The quantitative estimate of drug-likeness (QED) is 0.737. The lowest BCUT2D eigenvalue weighted by Gasteiger charge is -2.08. The van der Waals surface area contributed by atoms with Crippen LogP contribution in [0.4, 0.5) is 0 Å². The van der Waals surface area contributed by atoms with Gasteiger partial charge in [-0.3, -0.25) is 9.36 Å². The first-order chi connectivity index (χ1) is 10.6. The van der Waals surface area contributed by atoms with Crippen molar-refractivity contribution < 1.29 is 4.74 Å². The van der Waals surface area contributed by atoms with E-state index in [1.165, 1.54) is 0 Å². The first kappa shape index (κ1) is 14.8. The third kappa shape index (κ3) is 2.76. The summed E-state index contributed by atoms with van der Waals surface area (Å²) in [5, 5.41) is 1.00. The number of ether oxygens (including phenoxy) is 1. The van der Waals surface area contributed by atoms with Crippen LogP contribution in [0.2, 0.25) is 0 Å². The van der Waals surface area contributed by atoms with Crippen molar-refractivity contribution in [3.8, 4) is 0 Å². The zero-order valence-corrected chi connectivity index (χ0v) is 13.2. The van der Waals surface area contributed by atoms with E-state index in [2.05, 4.69) is 16.0 Å². The van der Waals surface area contributed by atoms with Crippen LogP contribution in [0.3, 0.4) is 0 Å². The lowest BCUT2D eigenvalue weighted by atomic mass is 10.2. The zero-order valence-electron chi connectivity index (χ0n) is 13.2. The SMILES string of the molecule is Cc1ccc2[nH]c3c(=O)n(CCCOC(C)C)cnc3c2c1. The highest BCUT2D eigenvalue weighted by Gasteiger charge is 2.10. The topological polar surface area (TPSA) is 59.9 Å². The Morgan fingerprint density at radius 2 is 2.18 bits per heavy atom. The van der Waals surface area contributed by atoms with Crippen LogP contribution in [0.25, 0.3) is 21.9 Å². The van der Waals surface area contributed by atoms with E-state index in [1.807, 2.05) is 32.9 Å². The predicted octanol–water partition coefficient (Wildman–Crippen LogP) is 3.00. The minimum absolute atomic E-state index is 0.0246. The highest BCUT2D eigenvalue weighted by atomic mass is 16.5. The molecule has 2 heterocycles. The minimum atomic E-state index is -0.0246. The first-order valence-electron chi connectivity index (χ1n) is 7.65. The van der Waals surface area contributed by atoms with Crippen molar-refractivity contribution in [3.63, 3.8) is 0 Å². The van der Waals surface area contributed by atoms with Gasteiger partial charge in [-0.1, -0.05) is 11.6 Å². The van der Waals surface area contributed by atoms with E-state index in [1.54, 1.807) is 10.9 Å². The van der Waals surface area contributed by atoms with E-state index in [0.29, 0.717) is 18.7 Å². The smallest absolute Gasteiger partial charge is 0.277 e. The molecule has 3 rings (SSSR count). The van der Waals surface area contributed by atoms with Crippen LogP contribution in [-0.2, 0) is 11.3 Å². The summed E-state index contributed by atoms with van der Waals surface area (Å²) in [7, 11) is 0. The van der Waals surface area contributed by atoms with Crippen molar-refractivity contribution in [3.05, 3.63) is 40.4 Å². The molecule has 5 heteroatoms. The molecule has 0 amide bonds. The lowest BCUT2D eigenvalue weighted by molar-refractivity contribution is 0.0747. The van der Waals surface area contributed by atoms with E-state index in [0.717, 1.165) is 28.4 Å². The van der Waals surface area contributed by atoms with Crippen LogP contribution in [0, 0.1) is 6.92 Å². The Balaban J connectivity index is 1.92. The van der Waals surface area contributed by atoms with Crippen LogP contribution in [0.15, 0.2) is 29.3 Å². The molecule has 0 bridgehead atoms. The van der Waals surface area contributed by atoms with Crippen LogP contribution >= 0.6 is 0 Å². The molecule has 0 radical (unpaired) electrons. The van der Waals surface area contributed by atoms with E-state index in [9.17, 15) is 4.79 Å². The molecule has 0 fully saturated rings. The molecule has 0 saturated heterocycles. The molecule has 116 valence electrons. The largest absolute Gasteiger partial charge is 0.379 e. The number of benzene rings is 1. The fourth-order valence-electron chi connectivity index (χ4n) is 2.62. The van der Waals surface area contributed by atoms with Crippen molar-refractivity contribution in [2.45, 2.75) is 39.8 Å². The van der Waals surface area contributed by atoms with E-state index in [-0.39, 0.29) is 11.7 Å². The highest BCUT2D eigenvalue weighted by Crippen LogP contribution is 2.22. The van der Waals surface area contributed by atoms with Gasteiger partial charge in [0, 0.05) is 24.1 Å². The second-order valence-corrected chi connectivity index (χ2v) is 5.91. The molecule has 1 N–H and O–H groups in total. The predicted molar refractivity (Wildman–Crippen MR) is 88.3 cm³/mol. The number of H-pyrrole nitrogens is 1. The summed E-state index contributed by atoms with van der Waals surface area (Å²) in [6.45, 7) is 7.31. The summed E-state index contributed by atoms with van der Waals surface area (Å²) < 4.78 is 7.16. The monoisotopic (exact) mass is 299 g/mol. The van der Waals surface area contributed by atoms with Crippen molar-refractivity contribution in [2.24, 2.45) is 0 Å². The maximum atomic E-state index is 12.6. The molecular formula is C17H21N3O2. The van der Waals surface area contributed by atoms with Gasteiger partial charge in [-0.15, -0.1) is 0 Å². The Hall–Kier alpha value is -2.14. The van der Waals surface area contributed by atoms with E-state index < -0.39 is 0 Å². The number of hydrogen-bond donors (Lipinski definition) is 1. The van der Waals surface area contributed by atoms with Gasteiger partial charge in [0.05, 0.1) is 12.4 Å². The molecule has 0 aliphatic rings. The summed E-state index contributed by atoms with van der Waals surface area (Å²) in [4.78, 5) is 20.2. The second-order valence-electron chi connectivity index (χ2n) is 5.91. The Labute approximate surface area is 128 Å². The van der Waals surface area contributed by atoms with Crippen LogP contribution < -0.4 is 5.56 Å². The lowest BCUT2D eigenvalue weighted by Crippen LogP contribution is -2.21. The van der Waals surface area contributed by atoms with Crippen LogP contribution in [-0.4, -0.2) is 27.2 Å². The van der Waals surface area contributed by atoms with E-state index >= 15 is 0 Å². The fraction of sp³-hybridized carbons (Fsp3) is 0.412. The number of fused-ring (bicyclic) bond motifs is 3. The molecule has 5 nitrogen and oxygen atoms in total. The van der Waals surface area contributed by atoms with Gasteiger partial charge in [0.25, 0.3) is 5.56 Å². The molecule has 1 aromatic carbocycles. The van der Waals surface area contributed by atoms with Crippen molar-refractivity contribution in [1.82, 2.24) is 14.5 Å². The summed E-state index contributed by atoms with van der Waals surface area (Å²) in [5.41, 5.74) is 3.41. The fourth-order valence-corrected chi connectivity index (χ4v) is 2.62. The number of aromatic nitrogens is 3. The van der Waals surface area contributed by atoms with Crippen molar-refractivity contribution >= 4 is 21.9 Å². The van der Waals surface area contributed by atoms with Gasteiger partial charge in [0.1, 0.15) is 11.0 Å².